The standard InChI is InChI=1S/C24H18O5S/c1-3-21(27)29-22-14(2)5-4-6-19(22)28-23-18-12-11-17(26)13-20(18)30-24(23)15-7-9-16(25)10-8-15/h3-13,25-26H,1H2,2H3. The number of phenolic OH excluding ortho intramolecular Hbond substituents is 2. The molecule has 4 aromatic rings. The average Bonchev–Trinajstić information content (AvgIpc) is 3.08. The van der Waals surface area contributed by atoms with Crippen LogP contribution in [-0.2, 0) is 4.79 Å². The van der Waals surface area contributed by atoms with Crippen LogP contribution in [0.2, 0.25) is 0 Å². The van der Waals surface area contributed by atoms with Gasteiger partial charge in [-0.15, -0.1) is 11.3 Å². The molecule has 0 aliphatic rings. The minimum atomic E-state index is -0.576. The van der Waals surface area contributed by atoms with Gasteiger partial charge in [0.15, 0.2) is 17.2 Å². The number of hydrogen-bond acceptors (Lipinski definition) is 6. The number of phenols is 2. The Balaban J connectivity index is 1.88. The van der Waals surface area contributed by atoms with Gasteiger partial charge in [0.2, 0.25) is 0 Å². The van der Waals surface area contributed by atoms with Crippen LogP contribution in [0.15, 0.2) is 73.3 Å². The van der Waals surface area contributed by atoms with E-state index in [9.17, 15) is 15.0 Å². The molecule has 30 heavy (non-hydrogen) atoms. The highest BCUT2D eigenvalue weighted by Gasteiger charge is 2.20. The molecule has 0 radical (unpaired) electrons. The Morgan fingerprint density at radius 2 is 1.73 bits per heavy atom. The highest BCUT2D eigenvalue weighted by Crippen LogP contribution is 2.48. The van der Waals surface area contributed by atoms with Crippen LogP contribution >= 0.6 is 11.3 Å². The van der Waals surface area contributed by atoms with Crippen molar-refractivity contribution in [3.63, 3.8) is 0 Å². The van der Waals surface area contributed by atoms with Gasteiger partial charge < -0.3 is 19.7 Å². The van der Waals surface area contributed by atoms with Crippen LogP contribution in [0.1, 0.15) is 5.56 Å². The molecule has 0 spiro atoms. The molecular formula is C24H18O5S. The summed E-state index contributed by atoms with van der Waals surface area (Å²) in [6, 6.07) is 17.2. The van der Waals surface area contributed by atoms with Gasteiger partial charge in [-0.1, -0.05) is 18.7 Å². The monoisotopic (exact) mass is 418 g/mol. The van der Waals surface area contributed by atoms with E-state index in [4.69, 9.17) is 9.47 Å². The molecule has 150 valence electrons. The van der Waals surface area contributed by atoms with Crippen LogP contribution in [-0.4, -0.2) is 16.2 Å². The molecule has 4 rings (SSSR count). The normalized spacial score (nSPS) is 10.7. The second kappa shape index (κ2) is 7.93. The topological polar surface area (TPSA) is 76.0 Å². The predicted octanol–water partition coefficient (Wildman–Crippen LogP) is 6.17. The molecule has 0 fully saturated rings. The van der Waals surface area contributed by atoms with Gasteiger partial charge >= 0.3 is 5.97 Å². The zero-order valence-corrected chi connectivity index (χ0v) is 16.9. The van der Waals surface area contributed by atoms with Crippen LogP contribution in [0.25, 0.3) is 20.5 Å². The zero-order valence-electron chi connectivity index (χ0n) is 16.1. The van der Waals surface area contributed by atoms with Crippen LogP contribution < -0.4 is 9.47 Å². The number of para-hydroxylation sites is 1. The van der Waals surface area contributed by atoms with Crippen molar-refractivity contribution in [2.24, 2.45) is 0 Å². The molecule has 3 aromatic carbocycles. The Labute approximate surface area is 177 Å². The van der Waals surface area contributed by atoms with Crippen molar-refractivity contribution in [1.82, 2.24) is 0 Å². The fraction of sp³-hybridized carbons (Fsp3) is 0.0417. The number of ether oxygens (including phenoxy) is 2. The molecule has 0 bridgehead atoms. The van der Waals surface area contributed by atoms with Gasteiger partial charge in [-0.25, -0.2) is 4.79 Å². The Hall–Kier alpha value is -3.77. The van der Waals surface area contributed by atoms with E-state index in [-0.39, 0.29) is 11.5 Å². The molecule has 6 heteroatoms. The van der Waals surface area contributed by atoms with Crippen LogP contribution in [0.5, 0.6) is 28.7 Å². The third-order valence-electron chi connectivity index (χ3n) is 4.51. The van der Waals surface area contributed by atoms with Crippen molar-refractivity contribution >= 4 is 27.4 Å². The number of benzene rings is 3. The number of carbonyl (C=O) groups is 1. The van der Waals surface area contributed by atoms with Gasteiger partial charge in [0, 0.05) is 16.2 Å². The van der Waals surface area contributed by atoms with E-state index in [2.05, 4.69) is 6.58 Å². The lowest BCUT2D eigenvalue weighted by Gasteiger charge is -2.14. The molecule has 0 aliphatic heterocycles. The largest absolute Gasteiger partial charge is 0.508 e. The third kappa shape index (κ3) is 3.73. The number of thiophene rings is 1. The number of hydrogen-bond donors (Lipinski definition) is 2. The zero-order chi connectivity index (χ0) is 21.3. The lowest BCUT2D eigenvalue weighted by Crippen LogP contribution is -2.05. The summed E-state index contributed by atoms with van der Waals surface area (Å²) in [4.78, 5) is 12.6. The van der Waals surface area contributed by atoms with E-state index in [0.29, 0.717) is 17.2 Å². The summed E-state index contributed by atoms with van der Waals surface area (Å²) in [6.45, 7) is 5.27. The van der Waals surface area contributed by atoms with Crippen molar-refractivity contribution < 1.29 is 24.5 Å². The van der Waals surface area contributed by atoms with Gasteiger partial charge in [0.1, 0.15) is 11.5 Å². The Kier molecular flexibility index (Phi) is 5.16. The smallest absolute Gasteiger partial charge is 0.335 e. The summed E-state index contributed by atoms with van der Waals surface area (Å²) in [5, 5.41) is 20.3. The van der Waals surface area contributed by atoms with Gasteiger partial charge in [0.25, 0.3) is 0 Å². The first-order chi connectivity index (χ1) is 14.5. The van der Waals surface area contributed by atoms with Crippen LogP contribution in [0.3, 0.4) is 0 Å². The number of aryl methyl sites for hydroxylation is 1. The third-order valence-corrected chi connectivity index (χ3v) is 5.70. The summed E-state index contributed by atoms with van der Waals surface area (Å²) in [7, 11) is 0. The molecule has 5 nitrogen and oxygen atoms in total. The Morgan fingerprint density at radius 1 is 1.00 bits per heavy atom. The van der Waals surface area contributed by atoms with Crippen molar-refractivity contribution in [2.75, 3.05) is 0 Å². The number of rotatable bonds is 5. The first kappa shape index (κ1) is 19.5. The van der Waals surface area contributed by atoms with E-state index in [1.165, 1.54) is 11.3 Å². The fourth-order valence-electron chi connectivity index (χ4n) is 3.05. The second-order valence-electron chi connectivity index (χ2n) is 6.62. The minimum Gasteiger partial charge on any atom is -0.508 e. The van der Waals surface area contributed by atoms with Gasteiger partial charge in [-0.2, -0.15) is 0 Å². The molecule has 0 unspecified atom stereocenters. The lowest BCUT2D eigenvalue weighted by atomic mass is 10.1. The lowest BCUT2D eigenvalue weighted by molar-refractivity contribution is -0.129. The first-order valence-electron chi connectivity index (χ1n) is 9.13. The summed E-state index contributed by atoms with van der Waals surface area (Å²) >= 11 is 1.45. The van der Waals surface area contributed by atoms with E-state index >= 15 is 0 Å². The Bertz CT molecular complexity index is 1250. The van der Waals surface area contributed by atoms with Crippen molar-refractivity contribution in [3.05, 3.63) is 78.9 Å². The van der Waals surface area contributed by atoms with Crippen molar-refractivity contribution in [1.29, 1.82) is 0 Å². The molecule has 1 aromatic heterocycles. The molecule has 2 N–H and O–H groups in total. The molecule has 1 heterocycles. The van der Waals surface area contributed by atoms with Crippen LogP contribution in [0, 0.1) is 6.92 Å². The molecule has 0 atom stereocenters. The number of carbonyl (C=O) groups excluding carboxylic acids is 1. The predicted molar refractivity (Wildman–Crippen MR) is 118 cm³/mol. The van der Waals surface area contributed by atoms with Gasteiger partial charge in [-0.05, 0) is 66.6 Å². The molecule has 0 amide bonds. The molecule has 0 saturated heterocycles. The van der Waals surface area contributed by atoms with Crippen LogP contribution in [0.4, 0.5) is 0 Å². The van der Waals surface area contributed by atoms with Gasteiger partial charge in [0.05, 0.1) is 4.88 Å². The summed E-state index contributed by atoms with van der Waals surface area (Å²) < 4.78 is 12.6. The Morgan fingerprint density at radius 3 is 2.47 bits per heavy atom. The van der Waals surface area contributed by atoms with Crippen molar-refractivity contribution in [3.8, 4) is 39.2 Å². The van der Waals surface area contributed by atoms with E-state index in [1.807, 2.05) is 19.1 Å². The summed E-state index contributed by atoms with van der Waals surface area (Å²) in [6.07, 6.45) is 1.10. The van der Waals surface area contributed by atoms with E-state index < -0.39 is 5.97 Å². The van der Waals surface area contributed by atoms with E-state index in [0.717, 1.165) is 32.2 Å². The quantitative estimate of drug-likeness (QED) is 0.230. The fourth-order valence-corrected chi connectivity index (χ4v) is 4.22. The molecule has 0 aliphatic carbocycles. The highest BCUT2D eigenvalue weighted by molar-refractivity contribution is 7.22. The minimum absolute atomic E-state index is 0.156. The maximum Gasteiger partial charge on any atom is 0.335 e. The van der Waals surface area contributed by atoms with E-state index in [1.54, 1.807) is 48.5 Å². The maximum atomic E-state index is 11.8. The second-order valence-corrected chi connectivity index (χ2v) is 7.67. The molecular weight excluding hydrogens is 400 g/mol. The number of esters is 1. The maximum absolute atomic E-state index is 11.8. The summed E-state index contributed by atoms with van der Waals surface area (Å²) in [5.74, 6) is 1.02. The first-order valence-corrected chi connectivity index (χ1v) is 9.94. The van der Waals surface area contributed by atoms with Gasteiger partial charge in [-0.3, -0.25) is 0 Å². The highest BCUT2D eigenvalue weighted by atomic mass is 32.1. The average molecular weight is 418 g/mol. The number of fused-ring (bicyclic) bond motifs is 1. The summed E-state index contributed by atoms with van der Waals surface area (Å²) in [5.41, 5.74) is 1.59. The SMILES string of the molecule is C=CC(=O)Oc1c(C)cccc1Oc1c(-c2ccc(O)cc2)sc2cc(O)ccc12. The molecule has 0 saturated carbocycles. The number of aromatic hydroxyl groups is 2. The van der Waals surface area contributed by atoms with Crippen molar-refractivity contribution in [2.45, 2.75) is 6.92 Å².